The number of anilines is 1. The van der Waals surface area contributed by atoms with Crippen molar-refractivity contribution in [2.24, 2.45) is 5.73 Å². The molecule has 132 valence electrons. The number of methoxy groups -OCH3 is 1. The Labute approximate surface area is 155 Å². The van der Waals surface area contributed by atoms with Gasteiger partial charge in [0.1, 0.15) is 5.75 Å². The lowest BCUT2D eigenvalue weighted by molar-refractivity contribution is -0.115. The van der Waals surface area contributed by atoms with Crippen LogP contribution in [0.25, 0.3) is 10.8 Å². The second-order valence-electron chi connectivity index (χ2n) is 5.60. The maximum absolute atomic E-state index is 12.8. The zero-order chi connectivity index (χ0) is 18.5. The highest BCUT2D eigenvalue weighted by atomic mass is 32.2. The minimum Gasteiger partial charge on any atom is -0.496 e. The molecule has 26 heavy (non-hydrogen) atoms. The standard InChI is InChI=1S/C20H18N2O3S/c1-25-17-11-14-7-3-2-6-13(14)10-15(17)20(24)22-16-8-4-5-9-18(16)26-12-19(21)23/h2-11H,12H2,1H3,(H2,21,23)(H,22,24). The number of nitrogens with one attached hydrogen (secondary N) is 1. The van der Waals surface area contributed by atoms with Gasteiger partial charge in [0, 0.05) is 4.90 Å². The number of amides is 2. The molecule has 0 radical (unpaired) electrons. The van der Waals surface area contributed by atoms with Crippen LogP contribution in [0.4, 0.5) is 5.69 Å². The summed E-state index contributed by atoms with van der Waals surface area (Å²) >= 11 is 1.28. The van der Waals surface area contributed by atoms with Gasteiger partial charge in [-0.25, -0.2) is 0 Å². The molecule has 3 aromatic rings. The summed E-state index contributed by atoms with van der Waals surface area (Å²) in [6.07, 6.45) is 0. The Balaban J connectivity index is 1.91. The van der Waals surface area contributed by atoms with E-state index in [-0.39, 0.29) is 11.7 Å². The molecule has 0 unspecified atom stereocenters. The molecule has 0 aliphatic rings. The number of benzene rings is 3. The number of para-hydroxylation sites is 1. The Morgan fingerprint density at radius 2 is 1.69 bits per heavy atom. The minimum atomic E-state index is -0.410. The molecule has 6 heteroatoms. The number of carbonyl (C=O) groups excluding carboxylic acids is 2. The van der Waals surface area contributed by atoms with E-state index in [1.807, 2.05) is 54.6 Å². The summed E-state index contributed by atoms with van der Waals surface area (Å²) in [6, 6.07) is 18.7. The summed E-state index contributed by atoms with van der Waals surface area (Å²) in [5.74, 6) is -0.0397. The smallest absolute Gasteiger partial charge is 0.259 e. The molecule has 5 nitrogen and oxygen atoms in total. The van der Waals surface area contributed by atoms with Crippen LogP contribution in [0.2, 0.25) is 0 Å². The molecule has 0 atom stereocenters. The molecule has 0 spiro atoms. The number of hydrogen-bond donors (Lipinski definition) is 2. The van der Waals surface area contributed by atoms with E-state index in [2.05, 4.69) is 5.32 Å². The Morgan fingerprint density at radius 3 is 2.38 bits per heavy atom. The number of carbonyl (C=O) groups is 2. The van der Waals surface area contributed by atoms with Gasteiger partial charge < -0.3 is 15.8 Å². The van der Waals surface area contributed by atoms with Crippen molar-refractivity contribution in [2.75, 3.05) is 18.2 Å². The molecule has 0 fully saturated rings. The molecule has 0 saturated heterocycles. The van der Waals surface area contributed by atoms with E-state index >= 15 is 0 Å². The lowest BCUT2D eigenvalue weighted by atomic mass is 10.1. The fraction of sp³-hybridized carbons (Fsp3) is 0.100. The van der Waals surface area contributed by atoms with Gasteiger partial charge in [0.2, 0.25) is 5.91 Å². The number of primary amides is 1. The van der Waals surface area contributed by atoms with Gasteiger partial charge in [0.05, 0.1) is 24.1 Å². The highest BCUT2D eigenvalue weighted by molar-refractivity contribution is 8.00. The van der Waals surface area contributed by atoms with Crippen molar-refractivity contribution in [1.82, 2.24) is 0 Å². The highest BCUT2D eigenvalue weighted by Gasteiger charge is 2.15. The molecular formula is C20H18N2O3S. The van der Waals surface area contributed by atoms with Gasteiger partial charge in [-0.05, 0) is 35.0 Å². The van der Waals surface area contributed by atoms with Crippen molar-refractivity contribution in [2.45, 2.75) is 4.90 Å². The number of ether oxygens (including phenoxy) is 1. The van der Waals surface area contributed by atoms with E-state index in [9.17, 15) is 9.59 Å². The fourth-order valence-electron chi connectivity index (χ4n) is 2.60. The van der Waals surface area contributed by atoms with Crippen LogP contribution in [0.5, 0.6) is 5.75 Å². The molecule has 0 aliphatic carbocycles. The van der Waals surface area contributed by atoms with Crippen molar-refractivity contribution in [1.29, 1.82) is 0 Å². The Bertz CT molecular complexity index is 972. The molecule has 3 N–H and O–H groups in total. The third kappa shape index (κ3) is 3.97. The van der Waals surface area contributed by atoms with Crippen LogP contribution >= 0.6 is 11.8 Å². The van der Waals surface area contributed by atoms with Crippen molar-refractivity contribution in [3.63, 3.8) is 0 Å². The van der Waals surface area contributed by atoms with Crippen LogP contribution in [0.1, 0.15) is 10.4 Å². The predicted molar refractivity (Wildman–Crippen MR) is 105 cm³/mol. The summed E-state index contributed by atoms with van der Waals surface area (Å²) in [4.78, 5) is 24.6. The van der Waals surface area contributed by atoms with Crippen molar-refractivity contribution in [3.05, 3.63) is 66.2 Å². The van der Waals surface area contributed by atoms with Crippen LogP contribution in [0.15, 0.2) is 65.6 Å². The summed E-state index contributed by atoms with van der Waals surface area (Å²) in [5, 5.41) is 4.85. The normalized spacial score (nSPS) is 10.5. The van der Waals surface area contributed by atoms with E-state index in [0.717, 1.165) is 15.7 Å². The molecule has 3 aromatic carbocycles. The van der Waals surface area contributed by atoms with Gasteiger partial charge >= 0.3 is 0 Å². The predicted octanol–water partition coefficient (Wildman–Crippen LogP) is 3.68. The lowest BCUT2D eigenvalue weighted by Crippen LogP contribution is -2.15. The van der Waals surface area contributed by atoms with Crippen molar-refractivity contribution < 1.29 is 14.3 Å². The first-order chi connectivity index (χ1) is 12.6. The van der Waals surface area contributed by atoms with Gasteiger partial charge in [-0.15, -0.1) is 11.8 Å². The van der Waals surface area contributed by atoms with Crippen molar-refractivity contribution >= 4 is 40.0 Å². The summed E-state index contributed by atoms with van der Waals surface area (Å²) in [7, 11) is 1.54. The summed E-state index contributed by atoms with van der Waals surface area (Å²) in [6.45, 7) is 0. The van der Waals surface area contributed by atoms with Crippen LogP contribution in [0.3, 0.4) is 0 Å². The third-order valence-corrected chi connectivity index (χ3v) is 4.91. The Morgan fingerprint density at radius 1 is 1.04 bits per heavy atom. The zero-order valence-corrected chi connectivity index (χ0v) is 15.0. The monoisotopic (exact) mass is 366 g/mol. The molecular weight excluding hydrogens is 348 g/mol. The van der Waals surface area contributed by atoms with E-state index < -0.39 is 5.91 Å². The molecule has 0 heterocycles. The van der Waals surface area contributed by atoms with E-state index in [0.29, 0.717) is 17.0 Å². The van der Waals surface area contributed by atoms with Crippen LogP contribution < -0.4 is 15.8 Å². The van der Waals surface area contributed by atoms with Gasteiger partial charge in [0.25, 0.3) is 5.91 Å². The SMILES string of the molecule is COc1cc2ccccc2cc1C(=O)Nc1ccccc1SCC(N)=O. The van der Waals surface area contributed by atoms with Crippen LogP contribution in [-0.2, 0) is 4.79 Å². The molecule has 0 saturated carbocycles. The fourth-order valence-corrected chi connectivity index (χ4v) is 3.35. The van der Waals surface area contributed by atoms with Crippen LogP contribution in [0, 0.1) is 0 Å². The molecule has 2 amide bonds. The summed E-state index contributed by atoms with van der Waals surface area (Å²) in [5.41, 5.74) is 6.28. The highest BCUT2D eigenvalue weighted by Crippen LogP contribution is 2.30. The maximum Gasteiger partial charge on any atom is 0.259 e. The largest absolute Gasteiger partial charge is 0.496 e. The minimum absolute atomic E-state index is 0.145. The average Bonchev–Trinajstić information content (AvgIpc) is 2.66. The Kier molecular flexibility index (Phi) is 5.43. The lowest BCUT2D eigenvalue weighted by Gasteiger charge is -2.13. The average molecular weight is 366 g/mol. The molecule has 0 bridgehead atoms. The van der Waals surface area contributed by atoms with Crippen molar-refractivity contribution in [3.8, 4) is 5.75 Å². The Hall–Kier alpha value is -2.99. The second kappa shape index (κ2) is 7.93. The van der Waals surface area contributed by atoms with Gasteiger partial charge in [-0.2, -0.15) is 0 Å². The zero-order valence-electron chi connectivity index (χ0n) is 14.2. The topological polar surface area (TPSA) is 81.4 Å². The van der Waals surface area contributed by atoms with Gasteiger partial charge in [0.15, 0.2) is 0 Å². The number of nitrogens with two attached hydrogens (primary N) is 1. The first-order valence-corrected chi connectivity index (χ1v) is 8.95. The van der Waals surface area contributed by atoms with E-state index in [1.165, 1.54) is 18.9 Å². The number of hydrogen-bond acceptors (Lipinski definition) is 4. The molecule has 0 aromatic heterocycles. The quantitative estimate of drug-likeness (QED) is 0.652. The first kappa shape index (κ1) is 17.8. The number of thioether (sulfide) groups is 1. The van der Waals surface area contributed by atoms with Gasteiger partial charge in [-0.3, -0.25) is 9.59 Å². The first-order valence-electron chi connectivity index (χ1n) is 7.97. The number of rotatable bonds is 6. The number of fused-ring (bicyclic) bond motifs is 1. The van der Waals surface area contributed by atoms with E-state index in [4.69, 9.17) is 10.5 Å². The van der Waals surface area contributed by atoms with Gasteiger partial charge in [-0.1, -0.05) is 36.4 Å². The summed E-state index contributed by atoms with van der Waals surface area (Å²) < 4.78 is 5.39. The molecule has 3 rings (SSSR count). The maximum atomic E-state index is 12.8. The van der Waals surface area contributed by atoms with E-state index in [1.54, 1.807) is 6.07 Å². The molecule has 0 aliphatic heterocycles. The second-order valence-corrected chi connectivity index (χ2v) is 6.62. The third-order valence-electron chi connectivity index (χ3n) is 3.82. The van der Waals surface area contributed by atoms with Crippen LogP contribution in [-0.4, -0.2) is 24.7 Å².